The quantitative estimate of drug-likeness (QED) is 0.629. The fourth-order valence-corrected chi connectivity index (χ4v) is 4.06. The van der Waals surface area contributed by atoms with Gasteiger partial charge in [-0.2, -0.15) is 0 Å². The lowest BCUT2D eigenvalue weighted by molar-refractivity contribution is -0.116. The molecule has 25 heavy (non-hydrogen) atoms. The van der Waals surface area contributed by atoms with Gasteiger partial charge in [0.15, 0.2) is 9.84 Å². The first-order valence-corrected chi connectivity index (χ1v) is 10.4. The first-order valence-electron chi connectivity index (χ1n) is 8.57. The number of hydrogen-bond acceptors (Lipinski definition) is 5. The number of hydrogen-bond donors (Lipinski definition) is 0. The zero-order valence-corrected chi connectivity index (χ0v) is 15.9. The predicted octanol–water partition coefficient (Wildman–Crippen LogP) is 4.02. The highest BCUT2D eigenvalue weighted by Gasteiger charge is 2.22. The lowest BCUT2D eigenvalue weighted by Gasteiger charge is -2.02. The van der Waals surface area contributed by atoms with Crippen molar-refractivity contribution < 1.29 is 17.6 Å². The molecule has 0 amide bonds. The predicted molar refractivity (Wildman–Crippen MR) is 98.1 cm³/mol. The van der Waals surface area contributed by atoms with Gasteiger partial charge in [-0.15, -0.1) is 0 Å². The molecule has 0 radical (unpaired) electrons. The third kappa shape index (κ3) is 5.53. The van der Waals surface area contributed by atoms with Gasteiger partial charge in [0.05, 0.1) is 11.4 Å². The van der Waals surface area contributed by atoms with Crippen LogP contribution in [0.2, 0.25) is 0 Å². The van der Waals surface area contributed by atoms with Gasteiger partial charge < -0.3 is 4.42 Å². The molecule has 0 saturated carbocycles. The number of rotatable bonds is 9. The molecule has 0 atom stereocenters. The van der Waals surface area contributed by atoms with E-state index >= 15 is 0 Å². The van der Waals surface area contributed by atoms with Gasteiger partial charge in [0.25, 0.3) is 0 Å². The molecule has 2 aromatic rings. The number of aryl methyl sites for hydroxylation is 2. The summed E-state index contributed by atoms with van der Waals surface area (Å²) in [6, 6.07) is 7.63. The van der Waals surface area contributed by atoms with Crippen molar-refractivity contribution in [2.75, 3.05) is 5.75 Å². The zero-order valence-electron chi connectivity index (χ0n) is 15.0. The van der Waals surface area contributed by atoms with Crippen LogP contribution in [0.4, 0.5) is 0 Å². The minimum Gasteiger partial charge on any atom is -0.441 e. The van der Waals surface area contributed by atoms with E-state index in [0.29, 0.717) is 23.8 Å². The Morgan fingerprint density at radius 3 is 2.56 bits per heavy atom. The molecule has 1 aromatic carbocycles. The molecule has 1 aromatic heterocycles. The normalized spacial score (nSPS) is 11.6. The molecule has 0 aliphatic carbocycles. The number of nitrogens with zero attached hydrogens (tertiary/aromatic N) is 1. The monoisotopic (exact) mass is 363 g/mol. The highest BCUT2D eigenvalue weighted by molar-refractivity contribution is 7.91. The second-order valence-electron chi connectivity index (χ2n) is 6.36. The third-order valence-corrected chi connectivity index (χ3v) is 5.54. The Kier molecular flexibility index (Phi) is 6.53. The van der Waals surface area contributed by atoms with Crippen LogP contribution in [0.15, 0.2) is 28.7 Å². The number of carbonyl (C=O) groups excluding carboxylic acids is 1. The maximum absolute atomic E-state index is 12.3. The second-order valence-corrected chi connectivity index (χ2v) is 8.43. The van der Waals surface area contributed by atoms with Gasteiger partial charge in [-0.25, -0.2) is 13.4 Å². The largest absolute Gasteiger partial charge is 0.441 e. The molecular weight excluding hydrogens is 338 g/mol. The number of aromatic nitrogens is 1. The van der Waals surface area contributed by atoms with Crippen molar-refractivity contribution in [1.82, 2.24) is 4.98 Å². The van der Waals surface area contributed by atoms with E-state index in [1.54, 1.807) is 6.92 Å². The summed E-state index contributed by atoms with van der Waals surface area (Å²) in [5.41, 5.74) is 2.22. The minimum absolute atomic E-state index is 0.228. The number of ketones is 1. The summed E-state index contributed by atoms with van der Waals surface area (Å²) < 4.78 is 30.3. The highest BCUT2D eigenvalue weighted by atomic mass is 32.2. The first-order chi connectivity index (χ1) is 11.8. The van der Waals surface area contributed by atoms with Gasteiger partial charge in [0.2, 0.25) is 5.89 Å². The van der Waals surface area contributed by atoms with E-state index in [1.807, 2.05) is 38.1 Å². The molecule has 0 saturated heterocycles. The molecule has 136 valence electrons. The van der Waals surface area contributed by atoms with Crippen LogP contribution in [-0.2, 0) is 20.4 Å². The Hall–Kier alpha value is -1.95. The van der Waals surface area contributed by atoms with Crippen molar-refractivity contribution in [3.63, 3.8) is 0 Å². The maximum atomic E-state index is 12.3. The van der Waals surface area contributed by atoms with Crippen molar-refractivity contribution in [1.29, 1.82) is 0 Å². The van der Waals surface area contributed by atoms with Crippen molar-refractivity contribution in [3.8, 4) is 11.5 Å². The number of unbranched alkanes of at least 4 members (excludes halogenated alkanes) is 2. The standard InChI is InChI=1S/C19H25NO4S/c1-4-5-6-10-16(21)12-25(22,23)13-18-15(3)24-19(20-18)17-11-8-7-9-14(17)2/h7-9,11H,4-6,10,12-13H2,1-3H3. The summed E-state index contributed by atoms with van der Waals surface area (Å²) in [5.74, 6) is -0.0414. The van der Waals surface area contributed by atoms with Gasteiger partial charge in [-0.3, -0.25) is 4.79 Å². The summed E-state index contributed by atoms with van der Waals surface area (Å²) >= 11 is 0. The van der Waals surface area contributed by atoms with E-state index in [-0.39, 0.29) is 11.5 Å². The smallest absolute Gasteiger partial charge is 0.226 e. The second kappa shape index (κ2) is 8.43. The van der Waals surface area contributed by atoms with Crippen LogP contribution in [0.25, 0.3) is 11.5 Å². The van der Waals surface area contributed by atoms with Crippen LogP contribution in [-0.4, -0.2) is 24.9 Å². The van der Waals surface area contributed by atoms with Crippen LogP contribution in [0.3, 0.4) is 0 Å². The summed E-state index contributed by atoms with van der Waals surface area (Å²) in [5, 5.41) is 0. The van der Waals surface area contributed by atoms with Gasteiger partial charge in [0, 0.05) is 12.0 Å². The average Bonchev–Trinajstić information content (AvgIpc) is 2.87. The van der Waals surface area contributed by atoms with E-state index in [4.69, 9.17) is 4.42 Å². The van der Waals surface area contributed by atoms with E-state index in [9.17, 15) is 13.2 Å². The molecule has 0 aliphatic rings. The molecule has 0 aliphatic heterocycles. The molecule has 6 heteroatoms. The summed E-state index contributed by atoms with van der Waals surface area (Å²) in [6.07, 6.45) is 3.00. The summed E-state index contributed by atoms with van der Waals surface area (Å²) in [7, 11) is -3.54. The van der Waals surface area contributed by atoms with Gasteiger partial charge in [0.1, 0.15) is 17.3 Å². The topological polar surface area (TPSA) is 77.2 Å². The van der Waals surface area contributed by atoms with Gasteiger partial charge in [-0.05, 0) is 31.9 Å². The summed E-state index contributed by atoms with van der Waals surface area (Å²) in [4.78, 5) is 16.2. The molecule has 1 heterocycles. The van der Waals surface area contributed by atoms with Crippen molar-refractivity contribution in [2.45, 2.75) is 52.2 Å². The average molecular weight is 363 g/mol. The zero-order chi connectivity index (χ0) is 18.4. The van der Waals surface area contributed by atoms with Gasteiger partial charge >= 0.3 is 0 Å². The fraction of sp³-hybridized carbons (Fsp3) is 0.474. The van der Waals surface area contributed by atoms with Crippen LogP contribution < -0.4 is 0 Å². The molecule has 0 unspecified atom stereocenters. The van der Waals surface area contributed by atoms with E-state index in [0.717, 1.165) is 30.4 Å². The Balaban J connectivity index is 2.10. The SMILES string of the molecule is CCCCCC(=O)CS(=O)(=O)Cc1nc(-c2ccccc2C)oc1C. The Bertz CT molecular complexity index is 837. The molecule has 2 rings (SSSR count). The molecule has 0 bridgehead atoms. The minimum atomic E-state index is -3.54. The Morgan fingerprint density at radius 1 is 1.16 bits per heavy atom. The van der Waals surface area contributed by atoms with Crippen molar-refractivity contribution >= 4 is 15.6 Å². The number of benzene rings is 1. The highest BCUT2D eigenvalue weighted by Crippen LogP contribution is 2.25. The number of carbonyl (C=O) groups is 1. The number of sulfone groups is 1. The summed E-state index contributed by atoms with van der Waals surface area (Å²) in [6.45, 7) is 5.68. The lowest BCUT2D eigenvalue weighted by atomic mass is 10.1. The van der Waals surface area contributed by atoms with Crippen LogP contribution in [0.1, 0.15) is 49.6 Å². The van der Waals surface area contributed by atoms with E-state index < -0.39 is 15.6 Å². The van der Waals surface area contributed by atoms with E-state index in [1.165, 1.54) is 0 Å². The number of Topliss-reactive ketones (excluding diaryl/α,β-unsaturated/α-hetero) is 1. The number of oxazole rings is 1. The molecule has 0 fully saturated rings. The van der Waals surface area contributed by atoms with E-state index in [2.05, 4.69) is 4.98 Å². The maximum Gasteiger partial charge on any atom is 0.226 e. The van der Waals surface area contributed by atoms with Crippen LogP contribution in [0, 0.1) is 13.8 Å². The Morgan fingerprint density at radius 2 is 1.88 bits per heavy atom. The lowest BCUT2D eigenvalue weighted by Crippen LogP contribution is -2.18. The van der Waals surface area contributed by atoms with Crippen molar-refractivity contribution in [3.05, 3.63) is 41.3 Å². The molecule has 5 nitrogen and oxygen atoms in total. The first kappa shape index (κ1) is 19.4. The van der Waals surface area contributed by atoms with Crippen LogP contribution in [0.5, 0.6) is 0 Å². The van der Waals surface area contributed by atoms with Gasteiger partial charge in [-0.1, -0.05) is 38.0 Å². The Labute approximate surface area is 149 Å². The van der Waals surface area contributed by atoms with Crippen molar-refractivity contribution in [2.24, 2.45) is 0 Å². The molecule has 0 N–H and O–H groups in total. The molecular formula is C19H25NO4S. The fourth-order valence-electron chi connectivity index (χ4n) is 2.64. The van der Waals surface area contributed by atoms with Crippen LogP contribution >= 0.6 is 0 Å². The molecule has 0 spiro atoms. The third-order valence-electron chi connectivity index (χ3n) is 4.06.